The van der Waals surface area contributed by atoms with Gasteiger partial charge in [-0.2, -0.15) is 0 Å². The highest BCUT2D eigenvalue weighted by atomic mass is 16.5. The summed E-state index contributed by atoms with van der Waals surface area (Å²) in [6.45, 7) is 7.67. The first-order chi connectivity index (χ1) is 14.6. The molecule has 0 bridgehead atoms. The number of benzene rings is 1. The van der Waals surface area contributed by atoms with E-state index in [-0.39, 0.29) is 11.3 Å². The lowest BCUT2D eigenvalue weighted by Crippen LogP contribution is -2.72. The number of nitrogens with two attached hydrogens (primary N) is 1. The number of aromatic hydroxyl groups is 1. The zero-order valence-electron chi connectivity index (χ0n) is 17.3. The van der Waals surface area contributed by atoms with Gasteiger partial charge in [-0.25, -0.2) is 0 Å². The van der Waals surface area contributed by atoms with Crippen LogP contribution in [0.1, 0.15) is 12.8 Å². The molecule has 1 spiro atoms. The van der Waals surface area contributed by atoms with Crippen LogP contribution in [0.25, 0.3) is 11.3 Å². The SMILES string of the molecule is Nc1nnc(-c2ccccc2O)cc1N1CCN(CC2CCNCC2)C2(COC2)C1. The van der Waals surface area contributed by atoms with E-state index in [4.69, 9.17) is 10.5 Å². The fraction of sp³-hybridized carbons (Fsp3) is 0.545. The number of nitrogen functional groups attached to an aromatic ring is 1. The number of rotatable bonds is 4. The predicted octanol–water partition coefficient (Wildman–Crippen LogP) is 1.32. The van der Waals surface area contributed by atoms with Crippen LogP contribution in [-0.4, -0.2) is 78.2 Å². The largest absolute Gasteiger partial charge is 0.507 e. The number of hydrogen-bond acceptors (Lipinski definition) is 8. The van der Waals surface area contributed by atoms with Gasteiger partial charge in [0, 0.05) is 31.7 Å². The maximum atomic E-state index is 10.2. The van der Waals surface area contributed by atoms with Crippen molar-refractivity contribution in [3.8, 4) is 17.0 Å². The molecule has 3 saturated heterocycles. The first kappa shape index (κ1) is 19.5. The van der Waals surface area contributed by atoms with Gasteiger partial charge < -0.3 is 25.8 Å². The Morgan fingerprint density at radius 3 is 2.70 bits per heavy atom. The standard InChI is InChI=1S/C22H30N6O2/c23-21-19(11-18(25-26-21)17-3-1-2-4-20(17)29)27-9-10-28(22(13-27)14-30-15-22)12-16-5-7-24-8-6-16/h1-4,11,16,24,29H,5-10,12-15H2,(H2,23,26). The second-order valence-electron chi connectivity index (χ2n) is 8.80. The Labute approximate surface area is 177 Å². The third-order valence-corrected chi connectivity index (χ3v) is 6.80. The lowest BCUT2D eigenvalue weighted by Gasteiger charge is -2.56. The van der Waals surface area contributed by atoms with Gasteiger partial charge in [-0.05, 0) is 50.0 Å². The number of hydrogen-bond donors (Lipinski definition) is 3. The molecule has 0 amide bonds. The molecule has 3 aliphatic rings. The number of anilines is 2. The number of ether oxygens (including phenoxy) is 1. The maximum Gasteiger partial charge on any atom is 0.169 e. The molecule has 8 nitrogen and oxygen atoms in total. The van der Waals surface area contributed by atoms with E-state index in [1.807, 2.05) is 18.2 Å². The number of phenolic OH excluding ortho intramolecular Hbond substituents is 1. The van der Waals surface area contributed by atoms with Crippen molar-refractivity contribution in [1.82, 2.24) is 20.4 Å². The quantitative estimate of drug-likeness (QED) is 0.694. The lowest BCUT2D eigenvalue weighted by molar-refractivity contribution is -0.147. The molecule has 3 aliphatic heterocycles. The van der Waals surface area contributed by atoms with Gasteiger partial charge in [-0.15, -0.1) is 10.2 Å². The van der Waals surface area contributed by atoms with Gasteiger partial charge in [0.05, 0.1) is 30.1 Å². The monoisotopic (exact) mass is 410 g/mol. The number of para-hydroxylation sites is 1. The van der Waals surface area contributed by atoms with E-state index >= 15 is 0 Å². The molecule has 2 aromatic rings. The van der Waals surface area contributed by atoms with Gasteiger partial charge in [-0.1, -0.05) is 12.1 Å². The summed E-state index contributed by atoms with van der Waals surface area (Å²) in [5.41, 5.74) is 8.47. The molecule has 0 radical (unpaired) electrons. The predicted molar refractivity (Wildman–Crippen MR) is 116 cm³/mol. The number of phenols is 1. The summed E-state index contributed by atoms with van der Waals surface area (Å²) >= 11 is 0. The highest BCUT2D eigenvalue weighted by Crippen LogP contribution is 2.36. The molecule has 0 unspecified atom stereocenters. The maximum absolute atomic E-state index is 10.2. The molecule has 0 atom stereocenters. The summed E-state index contributed by atoms with van der Waals surface area (Å²) in [6, 6.07) is 9.14. The van der Waals surface area contributed by atoms with Crippen molar-refractivity contribution < 1.29 is 9.84 Å². The first-order valence-corrected chi connectivity index (χ1v) is 10.8. The van der Waals surface area contributed by atoms with Crippen LogP contribution in [0.15, 0.2) is 30.3 Å². The minimum absolute atomic E-state index is 0.0495. The molecule has 3 fully saturated rings. The van der Waals surface area contributed by atoms with Crippen molar-refractivity contribution >= 4 is 11.5 Å². The molecule has 0 aliphatic carbocycles. The normalized spacial score (nSPS) is 22.2. The number of nitrogens with zero attached hydrogens (tertiary/aromatic N) is 4. The van der Waals surface area contributed by atoms with Crippen molar-refractivity contribution in [2.45, 2.75) is 18.4 Å². The number of piperidine rings is 1. The number of nitrogens with one attached hydrogen (secondary N) is 1. The molecular formula is C22H30N6O2. The van der Waals surface area contributed by atoms with Crippen molar-refractivity contribution in [1.29, 1.82) is 0 Å². The van der Waals surface area contributed by atoms with E-state index in [2.05, 4.69) is 25.3 Å². The third kappa shape index (κ3) is 3.59. The van der Waals surface area contributed by atoms with Crippen LogP contribution in [0, 0.1) is 5.92 Å². The molecule has 30 heavy (non-hydrogen) atoms. The number of piperazine rings is 1. The Kier molecular flexibility index (Phi) is 5.22. The average Bonchev–Trinajstić information content (AvgIpc) is 2.75. The minimum atomic E-state index is 0.0495. The fourth-order valence-electron chi connectivity index (χ4n) is 4.96. The summed E-state index contributed by atoms with van der Waals surface area (Å²) in [5.74, 6) is 1.38. The third-order valence-electron chi connectivity index (χ3n) is 6.80. The topological polar surface area (TPSA) is 99.8 Å². The second-order valence-corrected chi connectivity index (χ2v) is 8.80. The molecular weight excluding hydrogens is 380 g/mol. The lowest BCUT2D eigenvalue weighted by atomic mass is 9.88. The molecule has 8 heteroatoms. The van der Waals surface area contributed by atoms with Crippen LogP contribution in [-0.2, 0) is 4.74 Å². The molecule has 4 heterocycles. The summed E-state index contributed by atoms with van der Waals surface area (Å²) < 4.78 is 5.69. The Bertz CT molecular complexity index is 897. The Morgan fingerprint density at radius 2 is 1.97 bits per heavy atom. The molecule has 160 valence electrons. The summed E-state index contributed by atoms with van der Waals surface area (Å²) in [4.78, 5) is 4.96. The zero-order valence-corrected chi connectivity index (χ0v) is 17.3. The zero-order chi connectivity index (χ0) is 20.6. The van der Waals surface area contributed by atoms with E-state index in [1.54, 1.807) is 12.1 Å². The van der Waals surface area contributed by atoms with Crippen LogP contribution in [0.3, 0.4) is 0 Å². The van der Waals surface area contributed by atoms with E-state index in [0.717, 1.165) is 64.1 Å². The smallest absolute Gasteiger partial charge is 0.169 e. The van der Waals surface area contributed by atoms with Crippen molar-refractivity contribution in [3.63, 3.8) is 0 Å². The van der Waals surface area contributed by atoms with Gasteiger partial charge in [0.1, 0.15) is 5.75 Å². The second kappa shape index (κ2) is 8.02. The van der Waals surface area contributed by atoms with E-state index in [9.17, 15) is 5.11 Å². The summed E-state index contributed by atoms with van der Waals surface area (Å²) in [5, 5.41) is 22.1. The first-order valence-electron chi connectivity index (χ1n) is 10.8. The highest BCUT2D eigenvalue weighted by Gasteiger charge is 2.48. The van der Waals surface area contributed by atoms with Crippen LogP contribution >= 0.6 is 0 Å². The van der Waals surface area contributed by atoms with Gasteiger partial charge in [-0.3, -0.25) is 4.90 Å². The molecule has 5 rings (SSSR count). The van der Waals surface area contributed by atoms with Gasteiger partial charge in [0.2, 0.25) is 0 Å². The Balaban J connectivity index is 1.37. The fourth-order valence-corrected chi connectivity index (χ4v) is 4.96. The summed E-state index contributed by atoms with van der Waals surface area (Å²) in [7, 11) is 0. The minimum Gasteiger partial charge on any atom is -0.507 e. The van der Waals surface area contributed by atoms with Gasteiger partial charge in [0.15, 0.2) is 5.82 Å². The summed E-state index contributed by atoms with van der Waals surface area (Å²) in [6.07, 6.45) is 2.50. The molecule has 4 N–H and O–H groups in total. The average molecular weight is 411 g/mol. The van der Waals surface area contributed by atoms with Crippen molar-refractivity contribution in [3.05, 3.63) is 30.3 Å². The van der Waals surface area contributed by atoms with E-state index in [1.165, 1.54) is 12.8 Å². The highest BCUT2D eigenvalue weighted by molar-refractivity contribution is 5.74. The molecule has 1 aromatic carbocycles. The van der Waals surface area contributed by atoms with Gasteiger partial charge >= 0.3 is 0 Å². The Morgan fingerprint density at radius 1 is 1.17 bits per heavy atom. The van der Waals surface area contributed by atoms with E-state index < -0.39 is 0 Å². The van der Waals surface area contributed by atoms with Crippen LogP contribution in [0.4, 0.5) is 11.5 Å². The van der Waals surface area contributed by atoms with E-state index in [0.29, 0.717) is 17.1 Å². The van der Waals surface area contributed by atoms with Crippen LogP contribution in [0.5, 0.6) is 5.75 Å². The van der Waals surface area contributed by atoms with Crippen molar-refractivity contribution in [2.75, 3.05) is 63.1 Å². The number of aromatic nitrogens is 2. The van der Waals surface area contributed by atoms with Crippen LogP contribution < -0.4 is 16.0 Å². The Hall–Kier alpha value is -2.42. The molecule has 0 saturated carbocycles. The van der Waals surface area contributed by atoms with Crippen LogP contribution in [0.2, 0.25) is 0 Å². The molecule has 1 aromatic heterocycles. The van der Waals surface area contributed by atoms with Crippen molar-refractivity contribution in [2.24, 2.45) is 5.92 Å². The van der Waals surface area contributed by atoms with Gasteiger partial charge in [0.25, 0.3) is 0 Å².